The molecule has 0 aliphatic carbocycles. The number of hydrogen-bond acceptors (Lipinski definition) is 6. The standard InChI is InChI=1S/C57H98O6/c1-4-7-10-13-16-19-22-23-24-25-26-27-28-29-30-31-32-33-34-35-36-39-41-44-47-50-56(59)62-53-54(63-57(60)51-48-45-42-38-21-18-15-12-9-6-3)52-61-55(58)49-46-43-40-37-20-17-14-11-8-5-2/h7,10,16,19,23-24,26-27,29-30,32-33,54H,4-6,8-9,11-15,17-18,20-22,25,28,31,34-53H2,1-3H3/b10-7-,19-16-,24-23-,27-26-,30-29-,33-32-. The van der Waals surface area contributed by atoms with E-state index in [0.29, 0.717) is 19.3 Å². The van der Waals surface area contributed by atoms with Gasteiger partial charge in [0.2, 0.25) is 0 Å². The predicted octanol–water partition coefficient (Wildman–Crippen LogP) is 17.4. The lowest BCUT2D eigenvalue weighted by molar-refractivity contribution is -0.167. The van der Waals surface area contributed by atoms with Crippen molar-refractivity contribution in [2.45, 2.75) is 258 Å². The zero-order valence-corrected chi connectivity index (χ0v) is 41.3. The molecule has 1 atom stereocenters. The lowest BCUT2D eigenvalue weighted by Crippen LogP contribution is -2.30. The Balaban J connectivity index is 4.25. The Hall–Kier alpha value is -3.15. The summed E-state index contributed by atoms with van der Waals surface area (Å²) in [5, 5.41) is 0. The number of ether oxygens (including phenoxy) is 3. The molecule has 0 spiro atoms. The maximum absolute atomic E-state index is 12.7. The highest BCUT2D eigenvalue weighted by molar-refractivity contribution is 5.71. The first-order valence-electron chi connectivity index (χ1n) is 26.4. The van der Waals surface area contributed by atoms with Gasteiger partial charge in [-0.2, -0.15) is 0 Å². The van der Waals surface area contributed by atoms with E-state index in [0.717, 1.165) is 103 Å². The van der Waals surface area contributed by atoms with Crippen molar-refractivity contribution < 1.29 is 28.6 Å². The van der Waals surface area contributed by atoms with Crippen LogP contribution in [0.15, 0.2) is 72.9 Å². The molecule has 0 saturated carbocycles. The molecule has 0 aliphatic rings. The van der Waals surface area contributed by atoms with E-state index in [1.807, 2.05) is 0 Å². The highest BCUT2D eigenvalue weighted by Gasteiger charge is 2.19. The van der Waals surface area contributed by atoms with Gasteiger partial charge in [0, 0.05) is 19.3 Å². The van der Waals surface area contributed by atoms with E-state index in [4.69, 9.17) is 14.2 Å². The minimum absolute atomic E-state index is 0.0772. The van der Waals surface area contributed by atoms with Gasteiger partial charge in [-0.25, -0.2) is 0 Å². The molecule has 0 radical (unpaired) electrons. The van der Waals surface area contributed by atoms with Gasteiger partial charge in [-0.1, -0.05) is 235 Å². The molecule has 0 saturated heterocycles. The van der Waals surface area contributed by atoms with E-state index in [-0.39, 0.29) is 31.1 Å². The molecule has 0 bridgehead atoms. The molecule has 0 amide bonds. The number of carbonyl (C=O) groups is 3. The van der Waals surface area contributed by atoms with Crippen molar-refractivity contribution in [3.05, 3.63) is 72.9 Å². The summed E-state index contributed by atoms with van der Waals surface area (Å²) in [5.74, 6) is -0.892. The molecule has 1 unspecified atom stereocenters. The molecule has 0 aromatic rings. The Kier molecular flexibility index (Phi) is 48.9. The van der Waals surface area contributed by atoms with Gasteiger partial charge in [-0.3, -0.25) is 14.4 Å². The van der Waals surface area contributed by atoms with Crippen molar-refractivity contribution in [1.82, 2.24) is 0 Å². The van der Waals surface area contributed by atoms with E-state index in [9.17, 15) is 14.4 Å². The van der Waals surface area contributed by atoms with E-state index >= 15 is 0 Å². The SMILES string of the molecule is CC/C=C\C/C=C\C/C=C\C/C=C\C/C=C\C/C=C\CCCCCCCCC(=O)OCC(COC(=O)CCCCCCCCCCCC)OC(=O)CCCCCCCCCCCC. The molecule has 0 fully saturated rings. The zero-order valence-electron chi connectivity index (χ0n) is 41.3. The van der Waals surface area contributed by atoms with Gasteiger partial charge in [-0.15, -0.1) is 0 Å². The first-order chi connectivity index (χ1) is 31.0. The Morgan fingerprint density at radius 2 is 0.619 bits per heavy atom. The van der Waals surface area contributed by atoms with Gasteiger partial charge in [0.25, 0.3) is 0 Å². The van der Waals surface area contributed by atoms with Crippen molar-refractivity contribution in [3.8, 4) is 0 Å². The second kappa shape index (κ2) is 51.5. The molecule has 63 heavy (non-hydrogen) atoms. The quantitative estimate of drug-likeness (QED) is 0.0262. The lowest BCUT2D eigenvalue weighted by atomic mass is 10.1. The molecule has 6 heteroatoms. The Morgan fingerprint density at radius 1 is 0.333 bits per heavy atom. The number of allylic oxidation sites excluding steroid dienone is 12. The van der Waals surface area contributed by atoms with Crippen LogP contribution >= 0.6 is 0 Å². The minimum Gasteiger partial charge on any atom is -0.462 e. The second-order valence-electron chi connectivity index (χ2n) is 17.4. The summed E-state index contributed by atoms with van der Waals surface area (Å²) in [4.78, 5) is 37.8. The van der Waals surface area contributed by atoms with Gasteiger partial charge >= 0.3 is 17.9 Å². The third-order valence-electron chi connectivity index (χ3n) is 11.2. The van der Waals surface area contributed by atoms with E-state index in [1.54, 1.807) is 0 Å². The smallest absolute Gasteiger partial charge is 0.306 e. The topological polar surface area (TPSA) is 78.9 Å². The predicted molar refractivity (Wildman–Crippen MR) is 270 cm³/mol. The molecule has 0 aromatic heterocycles. The summed E-state index contributed by atoms with van der Waals surface area (Å²) in [5.41, 5.74) is 0. The fraction of sp³-hybridized carbons (Fsp3) is 0.737. The second-order valence-corrected chi connectivity index (χ2v) is 17.4. The maximum Gasteiger partial charge on any atom is 0.306 e. The maximum atomic E-state index is 12.7. The van der Waals surface area contributed by atoms with Gasteiger partial charge in [0.1, 0.15) is 13.2 Å². The fourth-order valence-corrected chi connectivity index (χ4v) is 7.27. The van der Waals surface area contributed by atoms with Crippen LogP contribution in [-0.2, 0) is 28.6 Å². The summed E-state index contributed by atoms with van der Waals surface area (Å²) in [6.45, 7) is 6.49. The number of esters is 3. The van der Waals surface area contributed by atoms with Crippen LogP contribution < -0.4 is 0 Å². The number of hydrogen-bond donors (Lipinski definition) is 0. The van der Waals surface area contributed by atoms with Gasteiger partial charge < -0.3 is 14.2 Å². The van der Waals surface area contributed by atoms with Crippen LogP contribution in [0.1, 0.15) is 252 Å². The summed E-state index contributed by atoms with van der Waals surface area (Å²) >= 11 is 0. The summed E-state index contributed by atoms with van der Waals surface area (Å²) in [6, 6.07) is 0. The monoisotopic (exact) mass is 879 g/mol. The number of rotatable bonds is 47. The third kappa shape index (κ3) is 49.7. The third-order valence-corrected chi connectivity index (χ3v) is 11.2. The molecule has 362 valence electrons. The molecule has 0 aromatic carbocycles. The highest BCUT2D eigenvalue weighted by Crippen LogP contribution is 2.15. The van der Waals surface area contributed by atoms with E-state index in [2.05, 4.69) is 93.7 Å². The van der Waals surface area contributed by atoms with Crippen LogP contribution in [0.2, 0.25) is 0 Å². The lowest BCUT2D eigenvalue weighted by Gasteiger charge is -2.18. The first-order valence-corrected chi connectivity index (χ1v) is 26.4. The van der Waals surface area contributed by atoms with Crippen molar-refractivity contribution >= 4 is 17.9 Å². The van der Waals surface area contributed by atoms with Crippen LogP contribution in [0.3, 0.4) is 0 Å². The average molecular weight is 879 g/mol. The van der Waals surface area contributed by atoms with Crippen molar-refractivity contribution in [2.24, 2.45) is 0 Å². The Labute approximate surface area is 389 Å². The van der Waals surface area contributed by atoms with Crippen molar-refractivity contribution in [3.63, 3.8) is 0 Å². The molecule has 0 rings (SSSR count). The summed E-state index contributed by atoms with van der Waals surface area (Å²) in [7, 11) is 0. The summed E-state index contributed by atoms with van der Waals surface area (Å²) < 4.78 is 16.7. The Bertz CT molecular complexity index is 1190. The summed E-state index contributed by atoms with van der Waals surface area (Å²) in [6.07, 6.45) is 64.6. The number of unbranched alkanes of at least 4 members (excludes halogenated alkanes) is 24. The molecule has 0 heterocycles. The van der Waals surface area contributed by atoms with Gasteiger partial charge in [-0.05, 0) is 70.6 Å². The Morgan fingerprint density at radius 3 is 0.968 bits per heavy atom. The molecule has 6 nitrogen and oxygen atoms in total. The zero-order chi connectivity index (χ0) is 45.8. The normalized spacial score (nSPS) is 12.6. The van der Waals surface area contributed by atoms with Crippen LogP contribution in [-0.4, -0.2) is 37.2 Å². The van der Waals surface area contributed by atoms with Crippen LogP contribution in [0.5, 0.6) is 0 Å². The largest absolute Gasteiger partial charge is 0.462 e. The fourth-order valence-electron chi connectivity index (χ4n) is 7.27. The van der Waals surface area contributed by atoms with Crippen molar-refractivity contribution in [2.75, 3.05) is 13.2 Å². The molecule has 0 N–H and O–H groups in total. The van der Waals surface area contributed by atoms with Crippen LogP contribution in [0.25, 0.3) is 0 Å². The van der Waals surface area contributed by atoms with Gasteiger partial charge in [0.15, 0.2) is 6.10 Å². The van der Waals surface area contributed by atoms with Crippen molar-refractivity contribution in [1.29, 1.82) is 0 Å². The average Bonchev–Trinajstić information content (AvgIpc) is 3.28. The molecular formula is C57H98O6. The van der Waals surface area contributed by atoms with Crippen LogP contribution in [0.4, 0.5) is 0 Å². The van der Waals surface area contributed by atoms with E-state index in [1.165, 1.54) is 109 Å². The first kappa shape index (κ1) is 59.9. The molecule has 0 aliphatic heterocycles. The number of carbonyl (C=O) groups excluding carboxylic acids is 3. The van der Waals surface area contributed by atoms with Crippen LogP contribution in [0, 0.1) is 0 Å². The minimum atomic E-state index is -0.776. The highest BCUT2D eigenvalue weighted by atomic mass is 16.6. The van der Waals surface area contributed by atoms with E-state index < -0.39 is 6.10 Å². The molecular weight excluding hydrogens is 781 g/mol. The van der Waals surface area contributed by atoms with Gasteiger partial charge in [0.05, 0.1) is 0 Å².